The first kappa shape index (κ1) is 26.6. The number of ether oxygens (including phenoxy) is 1. The molecule has 0 aliphatic carbocycles. The van der Waals surface area contributed by atoms with Crippen molar-refractivity contribution < 1.29 is 18.7 Å². The first-order valence-corrected chi connectivity index (χ1v) is 13.0. The topological polar surface area (TPSA) is 67.7 Å². The maximum atomic E-state index is 14.4. The maximum absolute atomic E-state index is 14.4. The summed E-state index contributed by atoms with van der Waals surface area (Å²) in [5.41, 5.74) is 2.42. The standard InChI is InChI=1S/C29H37FN4O3/c1-7-33(19(2)3)27(35)23-16-21(30)8-9-25(23)34-18-24(22-10-13-31-17-26(22)34)20-11-14-32(15-12-20)28(36)37-29(4,5)6/h8-10,13,16-20H,7,11-12,14-15H2,1-6H3. The number of fused-ring (bicyclic) bond motifs is 1. The fourth-order valence-corrected chi connectivity index (χ4v) is 5.11. The highest BCUT2D eigenvalue weighted by Gasteiger charge is 2.30. The predicted molar refractivity (Wildman–Crippen MR) is 143 cm³/mol. The fraction of sp³-hybridized carbons (Fsp3) is 0.483. The number of pyridine rings is 1. The SMILES string of the molecule is CCN(C(=O)c1cc(F)ccc1-n1cc(C2CCN(C(=O)OC(C)(C)C)CC2)c2ccncc21)C(C)C. The van der Waals surface area contributed by atoms with Crippen molar-refractivity contribution in [3.05, 3.63) is 59.8 Å². The number of nitrogens with zero attached hydrogens (tertiary/aromatic N) is 4. The molecule has 1 aliphatic rings. The monoisotopic (exact) mass is 508 g/mol. The number of amides is 2. The van der Waals surface area contributed by atoms with Crippen LogP contribution in [0.2, 0.25) is 0 Å². The summed E-state index contributed by atoms with van der Waals surface area (Å²) in [5.74, 6) is -0.423. The van der Waals surface area contributed by atoms with Crippen LogP contribution < -0.4 is 0 Å². The van der Waals surface area contributed by atoms with Crippen LogP contribution in [0.3, 0.4) is 0 Å². The Morgan fingerprint density at radius 2 is 1.89 bits per heavy atom. The highest BCUT2D eigenvalue weighted by atomic mass is 19.1. The average molecular weight is 509 g/mol. The summed E-state index contributed by atoms with van der Waals surface area (Å²) in [4.78, 5) is 33.9. The Bertz CT molecular complexity index is 1290. The van der Waals surface area contributed by atoms with E-state index >= 15 is 0 Å². The molecule has 1 aromatic carbocycles. The van der Waals surface area contributed by atoms with Crippen LogP contribution in [0.25, 0.3) is 16.6 Å². The lowest BCUT2D eigenvalue weighted by atomic mass is 9.89. The zero-order valence-corrected chi connectivity index (χ0v) is 22.6. The quantitative estimate of drug-likeness (QED) is 0.415. The lowest BCUT2D eigenvalue weighted by molar-refractivity contribution is 0.0205. The molecule has 3 heterocycles. The maximum Gasteiger partial charge on any atom is 0.410 e. The third-order valence-corrected chi connectivity index (χ3v) is 6.90. The van der Waals surface area contributed by atoms with Crippen molar-refractivity contribution in [2.24, 2.45) is 0 Å². The number of hydrogen-bond acceptors (Lipinski definition) is 4. The Morgan fingerprint density at radius 1 is 1.19 bits per heavy atom. The first-order valence-electron chi connectivity index (χ1n) is 13.0. The first-order chi connectivity index (χ1) is 17.5. The number of likely N-dealkylation sites (tertiary alicyclic amines) is 1. The van der Waals surface area contributed by atoms with Gasteiger partial charge in [-0.05, 0) is 90.1 Å². The molecular formula is C29H37FN4O3. The van der Waals surface area contributed by atoms with E-state index in [1.807, 2.05) is 52.2 Å². The Morgan fingerprint density at radius 3 is 2.51 bits per heavy atom. The van der Waals surface area contributed by atoms with Gasteiger partial charge in [0.2, 0.25) is 0 Å². The van der Waals surface area contributed by atoms with Gasteiger partial charge >= 0.3 is 6.09 Å². The molecule has 37 heavy (non-hydrogen) atoms. The summed E-state index contributed by atoms with van der Waals surface area (Å²) in [6.07, 6.45) is 6.92. The summed E-state index contributed by atoms with van der Waals surface area (Å²) < 4.78 is 21.9. The van der Waals surface area contributed by atoms with E-state index < -0.39 is 11.4 Å². The van der Waals surface area contributed by atoms with Crippen LogP contribution in [0.4, 0.5) is 9.18 Å². The largest absolute Gasteiger partial charge is 0.444 e. The molecule has 0 atom stereocenters. The van der Waals surface area contributed by atoms with Crippen molar-refractivity contribution in [2.75, 3.05) is 19.6 Å². The number of piperidine rings is 1. The minimum atomic E-state index is -0.526. The second kappa shape index (κ2) is 10.5. The van der Waals surface area contributed by atoms with E-state index in [9.17, 15) is 14.0 Å². The molecule has 2 amide bonds. The number of hydrogen-bond donors (Lipinski definition) is 0. The van der Waals surface area contributed by atoms with Crippen molar-refractivity contribution in [3.8, 4) is 5.69 Å². The van der Waals surface area contributed by atoms with E-state index in [-0.39, 0.29) is 24.0 Å². The number of carbonyl (C=O) groups is 2. The lowest BCUT2D eigenvalue weighted by Crippen LogP contribution is -2.41. The van der Waals surface area contributed by atoms with Gasteiger partial charge in [-0.25, -0.2) is 9.18 Å². The van der Waals surface area contributed by atoms with Gasteiger partial charge in [0.1, 0.15) is 11.4 Å². The van der Waals surface area contributed by atoms with Crippen LogP contribution >= 0.6 is 0 Å². The highest BCUT2D eigenvalue weighted by Crippen LogP contribution is 2.36. The van der Waals surface area contributed by atoms with E-state index in [1.165, 1.54) is 12.1 Å². The molecular weight excluding hydrogens is 471 g/mol. The summed E-state index contributed by atoms with van der Waals surface area (Å²) in [7, 11) is 0. The smallest absolute Gasteiger partial charge is 0.410 e. The van der Waals surface area contributed by atoms with Crippen LogP contribution in [0.5, 0.6) is 0 Å². The van der Waals surface area contributed by atoms with Crippen LogP contribution in [-0.2, 0) is 4.74 Å². The Hall–Kier alpha value is -3.42. The van der Waals surface area contributed by atoms with E-state index in [1.54, 1.807) is 28.3 Å². The second-order valence-electron chi connectivity index (χ2n) is 10.9. The zero-order chi connectivity index (χ0) is 26.9. The van der Waals surface area contributed by atoms with E-state index in [0.29, 0.717) is 30.9 Å². The van der Waals surface area contributed by atoms with Crippen molar-refractivity contribution in [1.29, 1.82) is 0 Å². The molecule has 0 radical (unpaired) electrons. The second-order valence-corrected chi connectivity index (χ2v) is 10.9. The van der Waals surface area contributed by atoms with E-state index in [4.69, 9.17) is 4.74 Å². The predicted octanol–water partition coefficient (Wildman–Crippen LogP) is 6.15. The van der Waals surface area contributed by atoms with Gasteiger partial charge < -0.3 is 19.1 Å². The lowest BCUT2D eigenvalue weighted by Gasteiger charge is -2.33. The summed E-state index contributed by atoms with van der Waals surface area (Å²) in [6, 6.07) is 6.35. The van der Waals surface area contributed by atoms with Crippen LogP contribution in [0, 0.1) is 5.82 Å². The van der Waals surface area contributed by atoms with Gasteiger partial charge in [-0.2, -0.15) is 0 Å². The molecule has 1 aliphatic heterocycles. The number of rotatable bonds is 5. The molecule has 198 valence electrons. The number of halogens is 1. The van der Waals surface area contributed by atoms with E-state index in [0.717, 1.165) is 29.3 Å². The van der Waals surface area contributed by atoms with Crippen LogP contribution in [-0.4, -0.2) is 62.6 Å². The Balaban J connectivity index is 1.69. The summed E-state index contributed by atoms with van der Waals surface area (Å²) >= 11 is 0. The molecule has 2 aromatic heterocycles. The molecule has 8 heteroatoms. The zero-order valence-electron chi connectivity index (χ0n) is 22.6. The minimum absolute atomic E-state index is 0.0117. The number of carbonyl (C=O) groups excluding carboxylic acids is 2. The van der Waals surface area contributed by atoms with Crippen molar-refractivity contribution in [2.45, 2.75) is 71.9 Å². The highest BCUT2D eigenvalue weighted by molar-refractivity contribution is 5.99. The molecule has 0 unspecified atom stereocenters. The van der Waals surface area contributed by atoms with Gasteiger partial charge in [0.05, 0.1) is 23.0 Å². The van der Waals surface area contributed by atoms with Crippen LogP contribution in [0.15, 0.2) is 42.9 Å². The third kappa shape index (κ3) is 5.63. The van der Waals surface area contributed by atoms with E-state index in [2.05, 4.69) is 11.2 Å². The van der Waals surface area contributed by atoms with Crippen molar-refractivity contribution >= 4 is 22.9 Å². The normalized spacial score (nSPS) is 14.9. The van der Waals surface area contributed by atoms with Gasteiger partial charge in [0.15, 0.2) is 0 Å². The Kier molecular flexibility index (Phi) is 7.57. The summed E-state index contributed by atoms with van der Waals surface area (Å²) in [6.45, 7) is 13.2. The number of aromatic nitrogens is 2. The molecule has 0 bridgehead atoms. The molecule has 0 spiro atoms. The Labute approximate surface area is 218 Å². The van der Waals surface area contributed by atoms with Crippen molar-refractivity contribution in [3.63, 3.8) is 0 Å². The van der Waals surface area contributed by atoms with Gasteiger partial charge in [0.25, 0.3) is 5.91 Å². The molecule has 0 saturated carbocycles. The van der Waals surface area contributed by atoms with Gasteiger partial charge in [-0.3, -0.25) is 9.78 Å². The average Bonchev–Trinajstić information content (AvgIpc) is 3.23. The summed E-state index contributed by atoms with van der Waals surface area (Å²) in [5, 5.41) is 1.05. The number of benzene rings is 1. The molecule has 4 rings (SSSR count). The molecule has 3 aromatic rings. The molecule has 1 saturated heterocycles. The third-order valence-electron chi connectivity index (χ3n) is 6.90. The molecule has 7 nitrogen and oxygen atoms in total. The molecule has 1 fully saturated rings. The molecule has 0 N–H and O–H groups in total. The fourth-order valence-electron chi connectivity index (χ4n) is 5.11. The van der Waals surface area contributed by atoms with Gasteiger partial charge in [-0.15, -0.1) is 0 Å². The van der Waals surface area contributed by atoms with Gasteiger partial charge in [0, 0.05) is 43.5 Å². The minimum Gasteiger partial charge on any atom is -0.444 e. The van der Waals surface area contributed by atoms with Crippen LogP contribution in [0.1, 0.15) is 76.2 Å². The van der Waals surface area contributed by atoms with Gasteiger partial charge in [-0.1, -0.05) is 0 Å². The van der Waals surface area contributed by atoms with Crippen molar-refractivity contribution in [1.82, 2.24) is 19.4 Å².